The lowest BCUT2D eigenvalue weighted by Gasteiger charge is -2.09. The van der Waals surface area contributed by atoms with Crippen molar-refractivity contribution in [3.05, 3.63) is 84.8 Å². The third-order valence-corrected chi connectivity index (χ3v) is 4.23. The van der Waals surface area contributed by atoms with Gasteiger partial charge in [-0.15, -0.1) is 0 Å². The summed E-state index contributed by atoms with van der Waals surface area (Å²) in [5.41, 5.74) is 5.49. The van der Waals surface area contributed by atoms with E-state index in [4.69, 9.17) is 0 Å². The zero-order valence-electron chi connectivity index (χ0n) is 14.8. The average molecular weight is 354 g/mol. The molecule has 0 aliphatic rings. The fraction of sp³-hybridized carbons (Fsp3) is 0.0455. The molecule has 0 spiro atoms. The van der Waals surface area contributed by atoms with Gasteiger partial charge in [-0.2, -0.15) is 0 Å². The molecule has 0 saturated heterocycles. The molecule has 132 valence electrons. The number of pyridine rings is 2. The van der Waals surface area contributed by atoms with Crippen LogP contribution in [0.25, 0.3) is 22.0 Å². The molecule has 2 heterocycles. The summed E-state index contributed by atoms with van der Waals surface area (Å²) in [5.74, 6) is 0. The van der Waals surface area contributed by atoms with Crippen LogP contribution in [0.5, 0.6) is 0 Å². The molecule has 2 aromatic heterocycles. The minimum absolute atomic E-state index is 0.286. The molecular weight excluding hydrogens is 336 g/mol. The van der Waals surface area contributed by atoms with E-state index in [1.54, 1.807) is 12.4 Å². The molecule has 0 fully saturated rings. The number of carbonyl (C=O) groups excluding carboxylic acids is 1. The molecule has 2 amide bonds. The van der Waals surface area contributed by atoms with Crippen LogP contribution in [0, 0.1) is 6.92 Å². The van der Waals surface area contributed by atoms with Crippen molar-refractivity contribution in [2.45, 2.75) is 6.92 Å². The number of nitrogens with one attached hydrogen (secondary N) is 2. The van der Waals surface area contributed by atoms with E-state index in [9.17, 15) is 4.79 Å². The van der Waals surface area contributed by atoms with E-state index in [1.165, 1.54) is 0 Å². The monoisotopic (exact) mass is 354 g/mol. The van der Waals surface area contributed by atoms with Gasteiger partial charge in [0.15, 0.2) is 0 Å². The summed E-state index contributed by atoms with van der Waals surface area (Å²) < 4.78 is 0. The number of benzene rings is 2. The van der Waals surface area contributed by atoms with Crippen molar-refractivity contribution < 1.29 is 4.79 Å². The number of aryl methyl sites for hydroxylation is 1. The number of fused-ring (bicyclic) bond motifs is 1. The number of hydrogen-bond donors (Lipinski definition) is 2. The highest BCUT2D eigenvalue weighted by molar-refractivity contribution is 6.01. The highest BCUT2D eigenvalue weighted by Crippen LogP contribution is 2.22. The van der Waals surface area contributed by atoms with Crippen molar-refractivity contribution in [1.82, 2.24) is 9.97 Å². The van der Waals surface area contributed by atoms with Crippen molar-refractivity contribution in [3.63, 3.8) is 0 Å². The predicted molar refractivity (Wildman–Crippen MR) is 109 cm³/mol. The van der Waals surface area contributed by atoms with Gasteiger partial charge in [0.1, 0.15) is 0 Å². The van der Waals surface area contributed by atoms with Crippen molar-refractivity contribution >= 4 is 28.3 Å². The molecule has 4 rings (SSSR count). The molecule has 27 heavy (non-hydrogen) atoms. The number of amides is 2. The summed E-state index contributed by atoms with van der Waals surface area (Å²) in [4.78, 5) is 20.8. The maximum absolute atomic E-state index is 12.3. The number of carbonyl (C=O) groups is 1. The van der Waals surface area contributed by atoms with Crippen LogP contribution in [0.3, 0.4) is 0 Å². The Hall–Kier alpha value is -3.73. The Morgan fingerprint density at radius 2 is 1.56 bits per heavy atom. The Balaban J connectivity index is 1.44. The second kappa shape index (κ2) is 7.25. The van der Waals surface area contributed by atoms with Crippen LogP contribution in [0.15, 0.2) is 79.1 Å². The summed E-state index contributed by atoms with van der Waals surface area (Å²) in [6.07, 6.45) is 3.54. The molecule has 0 saturated carbocycles. The normalized spacial score (nSPS) is 10.6. The van der Waals surface area contributed by atoms with Gasteiger partial charge in [-0.05, 0) is 66.6 Å². The smallest absolute Gasteiger partial charge is 0.308 e. The minimum Gasteiger partial charge on any atom is -0.308 e. The first-order chi connectivity index (χ1) is 13.2. The molecule has 4 aromatic rings. The summed E-state index contributed by atoms with van der Waals surface area (Å²) in [6.45, 7) is 1.96. The number of rotatable bonds is 3. The van der Waals surface area contributed by atoms with Gasteiger partial charge in [0.2, 0.25) is 0 Å². The Labute approximate surface area is 157 Å². The second-order valence-corrected chi connectivity index (χ2v) is 6.25. The van der Waals surface area contributed by atoms with Crippen LogP contribution in [0.2, 0.25) is 0 Å². The zero-order chi connectivity index (χ0) is 18.6. The van der Waals surface area contributed by atoms with Gasteiger partial charge in [-0.1, -0.05) is 18.2 Å². The first-order valence-electron chi connectivity index (χ1n) is 8.63. The topological polar surface area (TPSA) is 66.9 Å². The summed E-state index contributed by atoms with van der Waals surface area (Å²) in [5, 5.41) is 6.68. The molecule has 2 aromatic carbocycles. The largest absolute Gasteiger partial charge is 0.323 e. The highest BCUT2D eigenvalue weighted by atomic mass is 16.2. The first-order valence-corrected chi connectivity index (χ1v) is 8.63. The van der Waals surface area contributed by atoms with Crippen LogP contribution >= 0.6 is 0 Å². The Bertz CT molecular complexity index is 1110. The first kappa shape index (κ1) is 16.7. The summed E-state index contributed by atoms with van der Waals surface area (Å²) >= 11 is 0. The third kappa shape index (κ3) is 3.93. The molecule has 2 N–H and O–H groups in total. The molecule has 0 aliphatic heterocycles. The maximum Gasteiger partial charge on any atom is 0.323 e. The second-order valence-electron chi connectivity index (χ2n) is 6.25. The third-order valence-electron chi connectivity index (χ3n) is 4.23. The van der Waals surface area contributed by atoms with Gasteiger partial charge in [0, 0.05) is 34.8 Å². The predicted octanol–water partition coefficient (Wildman–Crippen LogP) is 5.25. The van der Waals surface area contributed by atoms with E-state index >= 15 is 0 Å². The van der Waals surface area contributed by atoms with Gasteiger partial charge < -0.3 is 10.6 Å². The summed E-state index contributed by atoms with van der Waals surface area (Å²) in [6, 6.07) is 20.9. The van der Waals surface area contributed by atoms with Gasteiger partial charge >= 0.3 is 6.03 Å². The highest BCUT2D eigenvalue weighted by Gasteiger charge is 2.05. The Kier molecular flexibility index (Phi) is 4.49. The standard InChI is InChI=1S/C22H18N4O/c1-15-13-17(10-12-23-15)16-4-6-19(7-5-16)25-22(27)26-20-8-9-21-18(14-20)3-2-11-24-21/h2-14H,1H3,(H2,25,26,27). The molecule has 5 heteroatoms. The maximum atomic E-state index is 12.3. The van der Waals surface area contributed by atoms with Crippen LogP contribution < -0.4 is 10.6 Å². The van der Waals surface area contributed by atoms with Crippen molar-refractivity contribution in [3.8, 4) is 11.1 Å². The minimum atomic E-state index is -0.286. The van der Waals surface area contributed by atoms with Crippen molar-refractivity contribution in [1.29, 1.82) is 0 Å². The van der Waals surface area contributed by atoms with Crippen LogP contribution in [-0.4, -0.2) is 16.0 Å². The lowest BCUT2D eigenvalue weighted by atomic mass is 10.1. The number of nitrogens with zero attached hydrogens (tertiary/aromatic N) is 2. The van der Waals surface area contributed by atoms with Crippen LogP contribution in [-0.2, 0) is 0 Å². The SMILES string of the molecule is Cc1cc(-c2ccc(NC(=O)Nc3ccc4ncccc4c3)cc2)ccn1. The van der Waals surface area contributed by atoms with E-state index in [1.807, 2.05) is 73.7 Å². The number of hydrogen-bond acceptors (Lipinski definition) is 3. The molecule has 0 atom stereocenters. The van der Waals surface area contributed by atoms with Crippen LogP contribution in [0.1, 0.15) is 5.69 Å². The zero-order valence-corrected chi connectivity index (χ0v) is 14.8. The van der Waals surface area contributed by atoms with Crippen molar-refractivity contribution in [2.24, 2.45) is 0 Å². The van der Waals surface area contributed by atoms with Gasteiger partial charge in [0.05, 0.1) is 5.52 Å². The Morgan fingerprint density at radius 3 is 2.37 bits per heavy atom. The number of urea groups is 1. The molecule has 0 radical (unpaired) electrons. The van der Waals surface area contributed by atoms with E-state index in [0.29, 0.717) is 0 Å². The van der Waals surface area contributed by atoms with E-state index in [-0.39, 0.29) is 6.03 Å². The molecule has 0 bridgehead atoms. The number of anilines is 2. The van der Waals surface area contributed by atoms with E-state index in [0.717, 1.165) is 39.1 Å². The Morgan fingerprint density at radius 1 is 0.778 bits per heavy atom. The van der Waals surface area contributed by atoms with E-state index < -0.39 is 0 Å². The lowest BCUT2D eigenvalue weighted by molar-refractivity contribution is 0.262. The fourth-order valence-electron chi connectivity index (χ4n) is 2.92. The van der Waals surface area contributed by atoms with Crippen molar-refractivity contribution in [2.75, 3.05) is 10.6 Å². The quantitative estimate of drug-likeness (QED) is 0.528. The number of aromatic nitrogens is 2. The average Bonchev–Trinajstić information content (AvgIpc) is 2.68. The molecule has 0 aliphatic carbocycles. The van der Waals surface area contributed by atoms with Gasteiger partial charge in [-0.3, -0.25) is 9.97 Å². The van der Waals surface area contributed by atoms with E-state index in [2.05, 4.69) is 20.6 Å². The van der Waals surface area contributed by atoms with Gasteiger partial charge in [0.25, 0.3) is 0 Å². The van der Waals surface area contributed by atoms with Crippen LogP contribution in [0.4, 0.5) is 16.2 Å². The molecular formula is C22H18N4O. The van der Waals surface area contributed by atoms with Gasteiger partial charge in [-0.25, -0.2) is 4.79 Å². The lowest BCUT2D eigenvalue weighted by Crippen LogP contribution is -2.19. The molecule has 0 unspecified atom stereocenters. The fourth-order valence-corrected chi connectivity index (χ4v) is 2.92. The molecule has 5 nitrogen and oxygen atoms in total. The summed E-state index contributed by atoms with van der Waals surface area (Å²) in [7, 11) is 0.